The highest BCUT2D eigenvalue weighted by Crippen LogP contribution is 2.56. The van der Waals surface area contributed by atoms with Gasteiger partial charge in [0, 0.05) is 16.5 Å². The molecule has 1 aliphatic carbocycles. The molecule has 7 N–H and O–H groups in total. The van der Waals surface area contributed by atoms with Gasteiger partial charge in [0.1, 0.15) is 22.3 Å². The summed E-state index contributed by atoms with van der Waals surface area (Å²) in [4.78, 5) is 26.1. The molecule has 0 fully saturated rings. The number of thioether (sulfide) groups is 1. The van der Waals surface area contributed by atoms with Crippen molar-refractivity contribution in [1.29, 1.82) is 0 Å². The number of nitrogen functional groups attached to an aromatic ring is 1. The largest absolute Gasteiger partial charge is 0.480 e. The topological polar surface area (TPSA) is 142 Å². The van der Waals surface area contributed by atoms with Crippen molar-refractivity contribution in [3.05, 3.63) is 83.4 Å². The molecule has 3 aromatic rings. The number of carbonyl (C=O) groups excluding carboxylic acids is 1. The van der Waals surface area contributed by atoms with Gasteiger partial charge in [0.05, 0.1) is 6.04 Å². The van der Waals surface area contributed by atoms with E-state index in [0.717, 1.165) is 11.8 Å². The maximum Gasteiger partial charge on any atom is 0.317 e. The van der Waals surface area contributed by atoms with Gasteiger partial charge in [0.2, 0.25) is 0 Å². The van der Waals surface area contributed by atoms with Crippen LogP contribution in [-0.2, 0) is 15.1 Å². The van der Waals surface area contributed by atoms with E-state index in [1.165, 1.54) is 0 Å². The smallest absolute Gasteiger partial charge is 0.317 e. The third-order valence-corrected chi connectivity index (χ3v) is 7.59. The molecule has 32 heavy (non-hydrogen) atoms. The van der Waals surface area contributed by atoms with Crippen LogP contribution in [0.2, 0.25) is 0 Å². The van der Waals surface area contributed by atoms with E-state index in [1.54, 1.807) is 36.4 Å². The second-order valence-corrected chi connectivity index (χ2v) is 9.14. The number of rotatable bonds is 4. The summed E-state index contributed by atoms with van der Waals surface area (Å²) in [6, 6.07) is 18.6. The zero-order valence-electron chi connectivity index (χ0n) is 16.9. The van der Waals surface area contributed by atoms with Crippen molar-refractivity contribution in [3.63, 3.8) is 0 Å². The number of ether oxygens (including phenoxy) is 1. The van der Waals surface area contributed by atoms with Gasteiger partial charge < -0.3 is 27.0 Å². The maximum absolute atomic E-state index is 13.6. The van der Waals surface area contributed by atoms with Crippen LogP contribution in [0.4, 0.5) is 5.69 Å². The van der Waals surface area contributed by atoms with Crippen LogP contribution in [-0.4, -0.2) is 28.2 Å². The molecule has 4 atom stereocenters. The first-order chi connectivity index (χ1) is 15.3. The van der Waals surface area contributed by atoms with Crippen molar-refractivity contribution in [3.8, 4) is 11.5 Å². The molecule has 5 rings (SSSR count). The normalized spacial score (nSPS) is 25.9. The minimum atomic E-state index is -1.56. The predicted octanol–water partition coefficient (Wildman–Crippen LogP) is 2.82. The lowest BCUT2D eigenvalue weighted by atomic mass is 9.65. The minimum Gasteiger partial charge on any atom is -0.480 e. The maximum atomic E-state index is 13.6. The molecule has 2 aliphatic rings. The van der Waals surface area contributed by atoms with Gasteiger partial charge in [-0.1, -0.05) is 36.4 Å². The van der Waals surface area contributed by atoms with Gasteiger partial charge >= 0.3 is 5.97 Å². The average molecular weight is 448 g/mol. The Bertz CT molecular complexity index is 1250. The third-order valence-electron chi connectivity index (χ3n) is 6.15. The Kier molecular flexibility index (Phi) is 4.74. The summed E-state index contributed by atoms with van der Waals surface area (Å²) in [5.74, 6) is -0.994. The Labute approximate surface area is 188 Å². The van der Waals surface area contributed by atoms with Crippen LogP contribution in [0.3, 0.4) is 0 Å². The Balaban J connectivity index is 1.66. The second-order valence-electron chi connectivity index (χ2n) is 7.99. The molecule has 0 spiro atoms. The lowest BCUT2D eigenvalue weighted by Gasteiger charge is -2.41. The SMILES string of the molecule is Nc1ccc2c3c1SC(C(=O)O)C3C(N)C(=O)C2(N)c1cccc(Oc2ccccc2)c1. The molecule has 0 bridgehead atoms. The fourth-order valence-corrected chi connectivity index (χ4v) is 6.02. The molecule has 4 unspecified atom stereocenters. The van der Waals surface area contributed by atoms with E-state index in [4.69, 9.17) is 21.9 Å². The molecule has 7 nitrogen and oxygen atoms in total. The van der Waals surface area contributed by atoms with Crippen LogP contribution in [0.5, 0.6) is 11.5 Å². The number of carboxylic acids is 1. The Morgan fingerprint density at radius 1 is 1.03 bits per heavy atom. The van der Waals surface area contributed by atoms with Crippen LogP contribution in [0.15, 0.2) is 71.6 Å². The number of carbonyl (C=O) groups is 2. The molecule has 8 heteroatoms. The second kappa shape index (κ2) is 7.37. The average Bonchev–Trinajstić information content (AvgIpc) is 3.20. The molecule has 0 aromatic heterocycles. The number of anilines is 1. The predicted molar refractivity (Wildman–Crippen MR) is 122 cm³/mol. The molecule has 0 saturated carbocycles. The summed E-state index contributed by atoms with van der Waals surface area (Å²) in [6.45, 7) is 0. The van der Waals surface area contributed by atoms with Gasteiger partial charge in [-0.25, -0.2) is 0 Å². The van der Waals surface area contributed by atoms with E-state index in [-0.39, 0.29) is 0 Å². The fraction of sp³-hybridized carbons (Fsp3) is 0.167. The molecule has 0 saturated heterocycles. The summed E-state index contributed by atoms with van der Waals surface area (Å²) in [5, 5.41) is 8.85. The van der Waals surface area contributed by atoms with Crippen LogP contribution in [0.25, 0.3) is 0 Å². The van der Waals surface area contributed by atoms with Gasteiger partial charge in [-0.15, -0.1) is 11.8 Å². The first-order valence-electron chi connectivity index (χ1n) is 10.1. The van der Waals surface area contributed by atoms with E-state index in [1.807, 2.05) is 30.3 Å². The van der Waals surface area contributed by atoms with Crippen LogP contribution in [0, 0.1) is 0 Å². The van der Waals surface area contributed by atoms with E-state index < -0.39 is 34.5 Å². The number of para-hydroxylation sites is 1. The highest BCUT2D eigenvalue weighted by molar-refractivity contribution is 8.01. The number of ketones is 1. The summed E-state index contributed by atoms with van der Waals surface area (Å²) in [5.41, 5.74) is 20.0. The Morgan fingerprint density at radius 2 is 1.75 bits per heavy atom. The lowest BCUT2D eigenvalue weighted by molar-refractivity contribution is -0.137. The molecule has 0 radical (unpaired) electrons. The first-order valence-corrected chi connectivity index (χ1v) is 10.9. The van der Waals surface area contributed by atoms with Gasteiger partial charge in [-0.2, -0.15) is 0 Å². The van der Waals surface area contributed by atoms with Crippen molar-refractivity contribution < 1.29 is 19.4 Å². The van der Waals surface area contributed by atoms with Gasteiger partial charge in [0.25, 0.3) is 0 Å². The number of Topliss-reactive ketones (excluding diaryl/α,β-unsaturated/α-hetero) is 1. The molecular weight excluding hydrogens is 426 g/mol. The molecule has 3 aromatic carbocycles. The van der Waals surface area contributed by atoms with E-state index in [0.29, 0.717) is 38.8 Å². The summed E-state index contributed by atoms with van der Waals surface area (Å²) in [7, 11) is 0. The zero-order chi connectivity index (χ0) is 22.6. The number of hydrogen-bond acceptors (Lipinski definition) is 7. The quantitative estimate of drug-likeness (QED) is 0.447. The van der Waals surface area contributed by atoms with Crippen molar-refractivity contribution in [2.24, 2.45) is 11.5 Å². The number of benzene rings is 3. The summed E-state index contributed by atoms with van der Waals surface area (Å²) in [6.07, 6.45) is 0. The van der Waals surface area contributed by atoms with Crippen molar-refractivity contribution in [2.75, 3.05) is 5.73 Å². The summed E-state index contributed by atoms with van der Waals surface area (Å²) >= 11 is 1.13. The molecule has 1 aliphatic heterocycles. The molecule has 162 valence electrons. The Hall–Kier alpha value is -3.33. The summed E-state index contributed by atoms with van der Waals surface area (Å²) < 4.78 is 5.93. The minimum absolute atomic E-state index is 0.434. The molecular formula is C24H21N3O4S. The van der Waals surface area contributed by atoms with E-state index in [2.05, 4.69) is 0 Å². The highest BCUT2D eigenvalue weighted by atomic mass is 32.2. The van der Waals surface area contributed by atoms with Crippen molar-refractivity contribution in [1.82, 2.24) is 0 Å². The fourth-order valence-electron chi connectivity index (χ4n) is 4.63. The lowest BCUT2D eigenvalue weighted by Crippen LogP contribution is -2.60. The van der Waals surface area contributed by atoms with Crippen LogP contribution >= 0.6 is 11.8 Å². The van der Waals surface area contributed by atoms with E-state index >= 15 is 0 Å². The van der Waals surface area contributed by atoms with E-state index in [9.17, 15) is 14.7 Å². The highest BCUT2D eigenvalue weighted by Gasteiger charge is 2.56. The Morgan fingerprint density at radius 3 is 2.47 bits per heavy atom. The third kappa shape index (κ3) is 2.91. The zero-order valence-corrected chi connectivity index (χ0v) is 17.7. The molecule has 1 heterocycles. The number of carboxylic acid groups (broad SMARTS) is 1. The van der Waals surface area contributed by atoms with Crippen molar-refractivity contribution in [2.45, 2.75) is 27.6 Å². The monoisotopic (exact) mass is 447 g/mol. The van der Waals surface area contributed by atoms with Gasteiger partial charge in [-0.3, -0.25) is 9.59 Å². The van der Waals surface area contributed by atoms with Gasteiger partial charge in [0.15, 0.2) is 5.78 Å². The van der Waals surface area contributed by atoms with Crippen LogP contribution in [0.1, 0.15) is 22.6 Å². The number of hydrogen-bond donors (Lipinski definition) is 4. The first kappa shape index (κ1) is 20.6. The van der Waals surface area contributed by atoms with Gasteiger partial charge in [-0.05, 0) is 47.0 Å². The number of aliphatic carboxylic acids is 1. The molecule has 0 amide bonds. The standard InChI is InChI=1S/C24H21N3O4S/c25-16-10-9-15-17-18(21(23(29)30)32-20(16)17)19(26)22(28)24(15,27)12-5-4-8-14(11-12)31-13-6-2-1-3-7-13/h1-11,18-19,21H,25-27H2,(H,29,30). The van der Waals surface area contributed by atoms with Crippen molar-refractivity contribution >= 4 is 29.2 Å². The van der Waals surface area contributed by atoms with Crippen LogP contribution < -0.4 is 21.9 Å². The number of nitrogens with two attached hydrogens (primary N) is 3.